The molecule has 0 aliphatic rings. The van der Waals surface area contributed by atoms with Crippen LogP contribution in [0.1, 0.15) is 24.0 Å². The zero-order valence-corrected chi connectivity index (χ0v) is 10.4. The average Bonchev–Trinajstić information content (AvgIpc) is 2.95. The molecule has 1 amide bonds. The number of carbonyl (C=O) groups is 1. The number of carbonyl (C=O) groups excluding carboxylic acids is 1. The van der Waals surface area contributed by atoms with Crippen molar-refractivity contribution in [1.82, 2.24) is 20.4 Å². The summed E-state index contributed by atoms with van der Waals surface area (Å²) < 4.78 is 4.89. The van der Waals surface area contributed by atoms with Crippen molar-refractivity contribution in [3.05, 3.63) is 30.4 Å². The van der Waals surface area contributed by atoms with Crippen LogP contribution in [-0.4, -0.2) is 38.8 Å². The summed E-state index contributed by atoms with van der Waals surface area (Å²) in [7, 11) is 0. The number of pyridine rings is 1. The molecule has 0 spiro atoms. The molecule has 7 heteroatoms. The summed E-state index contributed by atoms with van der Waals surface area (Å²) in [6.45, 7) is 1.72. The van der Waals surface area contributed by atoms with E-state index in [4.69, 9.17) is 9.63 Å². The van der Waals surface area contributed by atoms with Gasteiger partial charge in [-0.05, 0) is 18.6 Å². The van der Waals surface area contributed by atoms with Gasteiger partial charge in [0.05, 0.1) is 12.6 Å². The zero-order valence-electron chi connectivity index (χ0n) is 10.4. The third-order valence-corrected chi connectivity index (χ3v) is 2.59. The zero-order chi connectivity index (χ0) is 13.7. The summed E-state index contributed by atoms with van der Waals surface area (Å²) in [6.07, 6.45) is 3.82. The quantitative estimate of drug-likeness (QED) is 0.819. The third kappa shape index (κ3) is 3.14. The Morgan fingerprint density at radius 3 is 3.05 bits per heavy atom. The lowest BCUT2D eigenvalue weighted by molar-refractivity contribution is 0.0870. The number of rotatable bonds is 5. The smallest absolute Gasteiger partial charge is 0.316 e. The second-order valence-corrected chi connectivity index (χ2v) is 3.93. The minimum atomic E-state index is -0.497. The van der Waals surface area contributed by atoms with Gasteiger partial charge in [0, 0.05) is 18.0 Å². The maximum atomic E-state index is 11.8. The third-order valence-electron chi connectivity index (χ3n) is 2.59. The summed E-state index contributed by atoms with van der Waals surface area (Å²) in [4.78, 5) is 19.7. The van der Waals surface area contributed by atoms with Crippen molar-refractivity contribution in [2.24, 2.45) is 0 Å². The first-order chi connectivity index (χ1) is 9.24. The molecule has 0 radical (unpaired) electrons. The Morgan fingerprint density at radius 1 is 1.58 bits per heavy atom. The molecule has 1 atom stereocenters. The highest BCUT2D eigenvalue weighted by Gasteiger charge is 2.18. The van der Waals surface area contributed by atoms with E-state index >= 15 is 0 Å². The van der Waals surface area contributed by atoms with Crippen LogP contribution in [0.25, 0.3) is 11.4 Å². The molecule has 2 aromatic heterocycles. The van der Waals surface area contributed by atoms with Crippen LogP contribution in [0.5, 0.6) is 0 Å². The van der Waals surface area contributed by atoms with E-state index < -0.39 is 5.91 Å². The van der Waals surface area contributed by atoms with Crippen LogP contribution in [0.4, 0.5) is 0 Å². The Bertz CT molecular complexity index is 537. The number of aliphatic hydroxyl groups excluding tert-OH is 1. The second-order valence-electron chi connectivity index (χ2n) is 3.93. The lowest BCUT2D eigenvalue weighted by Gasteiger charge is -2.11. The van der Waals surface area contributed by atoms with Gasteiger partial charge in [-0.2, -0.15) is 4.98 Å². The van der Waals surface area contributed by atoms with Crippen molar-refractivity contribution in [1.29, 1.82) is 0 Å². The molecule has 2 N–H and O–H groups in total. The summed E-state index contributed by atoms with van der Waals surface area (Å²) in [5.74, 6) is -0.329. The predicted molar refractivity (Wildman–Crippen MR) is 66.2 cm³/mol. The highest BCUT2D eigenvalue weighted by Crippen LogP contribution is 2.13. The van der Waals surface area contributed by atoms with E-state index in [1.54, 1.807) is 24.5 Å². The van der Waals surface area contributed by atoms with Crippen molar-refractivity contribution in [2.45, 2.75) is 19.4 Å². The Labute approximate surface area is 109 Å². The summed E-state index contributed by atoms with van der Waals surface area (Å²) in [5.41, 5.74) is 0.666. The lowest BCUT2D eigenvalue weighted by Crippen LogP contribution is -2.37. The largest absolute Gasteiger partial charge is 0.394 e. The molecule has 0 aromatic carbocycles. The standard InChI is InChI=1S/C12H14N4O3/c1-2-9(7-17)14-11(18)12-15-10(16-19-12)8-4-3-5-13-6-8/h3-6,9,17H,2,7H2,1H3,(H,14,18). The highest BCUT2D eigenvalue weighted by atomic mass is 16.5. The van der Waals surface area contributed by atoms with Crippen molar-refractivity contribution in [2.75, 3.05) is 6.61 Å². The van der Waals surface area contributed by atoms with Crippen LogP contribution in [0.3, 0.4) is 0 Å². The lowest BCUT2D eigenvalue weighted by atomic mass is 10.2. The predicted octanol–water partition coefficient (Wildman–Crippen LogP) is 0.632. The van der Waals surface area contributed by atoms with Gasteiger partial charge in [0.25, 0.3) is 0 Å². The number of hydrogen-bond donors (Lipinski definition) is 2. The summed E-state index contributed by atoms with van der Waals surface area (Å²) >= 11 is 0. The van der Waals surface area contributed by atoms with Crippen LogP contribution in [0, 0.1) is 0 Å². The Morgan fingerprint density at radius 2 is 2.42 bits per heavy atom. The van der Waals surface area contributed by atoms with E-state index in [-0.39, 0.29) is 18.5 Å². The van der Waals surface area contributed by atoms with Crippen LogP contribution < -0.4 is 5.32 Å². The Kier molecular flexibility index (Phi) is 4.19. The van der Waals surface area contributed by atoms with Gasteiger partial charge in [0.1, 0.15) is 0 Å². The van der Waals surface area contributed by atoms with Crippen LogP contribution in [0.2, 0.25) is 0 Å². The number of amides is 1. The summed E-state index contributed by atoms with van der Waals surface area (Å²) in [5, 5.41) is 15.3. The molecule has 0 saturated carbocycles. The molecule has 0 aliphatic heterocycles. The van der Waals surface area contributed by atoms with E-state index in [1.807, 2.05) is 6.92 Å². The van der Waals surface area contributed by atoms with Gasteiger partial charge in [-0.3, -0.25) is 9.78 Å². The minimum absolute atomic E-state index is 0.133. The molecule has 1 unspecified atom stereocenters. The molecule has 0 fully saturated rings. The highest BCUT2D eigenvalue weighted by molar-refractivity contribution is 5.90. The molecule has 0 bridgehead atoms. The molecule has 7 nitrogen and oxygen atoms in total. The number of nitrogens with zero attached hydrogens (tertiary/aromatic N) is 3. The maximum Gasteiger partial charge on any atom is 0.316 e. The number of nitrogens with one attached hydrogen (secondary N) is 1. The normalized spacial score (nSPS) is 12.1. The van der Waals surface area contributed by atoms with E-state index in [0.29, 0.717) is 17.8 Å². The monoisotopic (exact) mass is 262 g/mol. The van der Waals surface area contributed by atoms with Gasteiger partial charge in [-0.25, -0.2) is 0 Å². The summed E-state index contributed by atoms with van der Waals surface area (Å²) in [6, 6.07) is 3.19. The minimum Gasteiger partial charge on any atom is -0.394 e. The second kappa shape index (κ2) is 6.05. The number of aliphatic hydroxyl groups is 1. The first kappa shape index (κ1) is 13.2. The van der Waals surface area contributed by atoms with E-state index in [0.717, 1.165) is 0 Å². The maximum absolute atomic E-state index is 11.8. The number of aromatic nitrogens is 3. The molecule has 100 valence electrons. The van der Waals surface area contributed by atoms with Gasteiger partial charge < -0.3 is 14.9 Å². The van der Waals surface area contributed by atoms with Crippen LogP contribution >= 0.6 is 0 Å². The van der Waals surface area contributed by atoms with Gasteiger partial charge in [-0.1, -0.05) is 12.1 Å². The van der Waals surface area contributed by atoms with Crippen molar-refractivity contribution < 1.29 is 14.4 Å². The fourth-order valence-corrected chi connectivity index (χ4v) is 1.45. The molecule has 2 aromatic rings. The van der Waals surface area contributed by atoms with Crippen LogP contribution in [0.15, 0.2) is 29.0 Å². The molecule has 0 saturated heterocycles. The number of hydrogen-bond acceptors (Lipinski definition) is 6. The van der Waals surface area contributed by atoms with E-state index in [2.05, 4.69) is 20.4 Å². The first-order valence-corrected chi connectivity index (χ1v) is 5.90. The first-order valence-electron chi connectivity index (χ1n) is 5.90. The molecule has 2 heterocycles. The van der Waals surface area contributed by atoms with Gasteiger partial charge in [0.2, 0.25) is 5.82 Å². The van der Waals surface area contributed by atoms with Crippen molar-refractivity contribution >= 4 is 5.91 Å². The molecule has 0 aliphatic carbocycles. The Hall–Kier alpha value is -2.28. The molecular formula is C12H14N4O3. The Balaban J connectivity index is 2.11. The SMILES string of the molecule is CCC(CO)NC(=O)c1nc(-c2cccnc2)no1. The van der Waals surface area contributed by atoms with E-state index in [1.165, 1.54) is 0 Å². The van der Waals surface area contributed by atoms with Gasteiger partial charge >= 0.3 is 11.8 Å². The average molecular weight is 262 g/mol. The van der Waals surface area contributed by atoms with Crippen molar-refractivity contribution in [3.8, 4) is 11.4 Å². The molecular weight excluding hydrogens is 248 g/mol. The molecule has 2 rings (SSSR count). The van der Waals surface area contributed by atoms with Gasteiger partial charge in [0.15, 0.2) is 0 Å². The van der Waals surface area contributed by atoms with Gasteiger partial charge in [-0.15, -0.1) is 0 Å². The fourth-order valence-electron chi connectivity index (χ4n) is 1.45. The fraction of sp³-hybridized carbons (Fsp3) is 0.333. The topological polar surface area (TPSA) is 101 Å². The van der Waals surface area contributed by atoms with Crippen LogP contribution in [-0.2, 0) is 0 Å². The van der Waals surface area contributed by atoms with E-state index in [9.17, 15) is 4.79 Å². The van der Waals surface area contributed by atoms with Crippen molar-refractivity contribution in [3.63, 3.8) is 0 Å². The molecule has 19 heavy (non-hydrogen) atoms.